The van der Waals surface area contributed by atoms with Gasteiger partial charge >= 0.3 is 0 Å². The molecule has 2 nitrogen and oxygen atoms in total. The molecule has 3 unspecified atom stereocenters. The normalized spacial score (nSPS) is 33.4. The van der Waals surface area contributed by atoms with Crippen molar-refractivity contribution >= 4 is 0 Å². The van der Waals surface area contributed by atoms with Gasteiger partial charge in [-0.25, -0.2) is 0 Å². The smallest absolute Gasteiger partial charge is 0.0667 e. The molecule has 2 aliphatic rings. The van der Waals surface area contributed by atoms with Crippen LogP contribution in [0.15, 0.2) is 0 Å². The molecule has 0 bridgehead atoms. The average molecular weight is 225 g/mol. The molecule has 0 radical (unpaired) electrons. The number of hydrogen-bond acceptors (Lipinski definition) is 2. The maximum atomic E-state index is 9.86. The van der Waals surface area contributed by atoms with Gasteiger partial charge in [0.05, 0.1) is 6.10 Å². The third-order valence-electron chi connectivity index (χ3n) is 4.47. The number of aliphatic hydroxyl groups excluding tert-OH is 1. The van der Waals surface area contributed by atoms with Gasteiger partial charge in [0, 0.05) is 13.1 Å². The van der Waals surface area contributed by atoms with Gasteiger partial charge in [-0.15, -0.1) is 0 Å². The van der Waals surface area contributed by atoms with Gasteiger partial charge < -0.3 is 10.0 Å². The summed E-state index contributed by atoms with van der Waals surface area (Å²) in [7, 11) is 0. The predicted molar refractivity (Wildman–Crippen MR) is 67.4 cm³/mol. The van der Waals surface area contributed by atoms with Gasteiger partial charge in [-0.05, 0) is 37.6 Å². The third kappa shape index (κ3) is 3.21. The van der Waals surface area contributed by atoms with Crippen molar-refractivity contribution in [1.82, 2.24) is 4.90 Å². The van der Waals surface area contributed by atoms with Crippen LogP contribution >= 0.6 is 0 Å². The first-order chi connectivity index (χ1) is 7.79. The van der Waals surface area contributed by atoms with E-state index in [0.717, 1.165) is 31.2 Å². The molecule has 2 heteroatoms. The summed E-state index contributed by atoms with van der Waals surface area (Å²) >= 11 is 0. The molecule has 1 saturated heterocycles. The molecule has 1 saturated carbocycles. The molecule has 0 aromatic rings. The first kappa shape index (κ1) is 12.4. The van der Waals surface area contributed by atoms with Gasteiger partial charge in [0.15, 0.2) is 0 Å². The summed E-state index contributed by atoms with van der Waals surface area (Å²) in [6.07, 6.45) is 9.15. The molecule has 3 atom stereocenters. The van der Waals surface area contributed by atoms with Crippen LogP contribution in [-0.2, 0) is 0 Å². The van der Waals surface area contributed by atoms with Gasteiger partial charge in [-0.2, -0.15) is 0 Å². The molecule has 0 aromatic carbocycles. The molecule has 1 N–H and O–H groups in total. The lowest BCUT2D eigenvalue weighted by Gasteiger charge is -2.41. The summed E-state index contributed by atoms with van der Waals surface area (Å²) in [4.78, 5) is 2.51. The molecule has 1 heterocycles. The van der Waals surface area contributed by atoms with Crippen molar-refractivity contribution in [3.63, 3.8) is 0 Å². The van der Waals surface area contributed by atoms with Crippen LogP contribution in [0.3, 0.4) is 0 Å². The molecule has 94 valence electrons. The fourth-order valence-electron chi connectivity index (χ4n) is 3.56. The molecular weight excluding hydrogens is 198 g/mol. The first-order valence-corrected chi connectivity index (χ1v) is 7.20. The van der Waals surface area contributed by atoms with E-state index in [9.17, 15) is 5.11 Å². The number of fused-ring (bicyclic) bond motifs is 1. The summed E-state index contributed by atoms with van der Waals surface area (Å²) in [5.74, 6) is 1.95. The second-order valence-electron chi connectivity index (χ2n) is 5.80. The van der Waals surface area contributed by atoms with Crippen LogP contribution in [0.2, 0.25) is 0 Å². The maximum Gasteiger partial charge on any atom is 0.0667 e. The van der Waals surface area contributed by atoms with Gasteiger partial charge in [-0.3, -0.25) is 0 Å². The second kappa shape index (κ2) is 6.02. The zero-order valence-corrected chi connectivity index (χ0v) is 10.7. The van der Waals surface area contributed by atoms with Gasteiger partial charge in [0.2, 0.25) is 0 Å². The molecule has 16 heavy (non-hydrogen) atoms. The molecule has 0 amide bonds. The Balaban J connectivity index is 1.76. The summed E-state index contributed by atoms with van der Waals surface area (Å²) in [6.45, 7) is 5.54. The summed E-state index contributed by atoms with van der Waals surface area (Å²) in [5, 5.41) is 9.86. The maximum absolute atomic E-state index is 9.86. The van der Waals surface area contributed by atoms with E-state index in [1.165, 1.54) is 45.2 Å². The number of β-amino-alcohol motifs (C(OH)–C–C–N with tert-alkyl or cyclic N) is 1. The van der Waals surface area contributed by atoms with E-state index in [-0.39, 0.29) is 6.10 Å². The molecule has 2 rings (SSSR count). The Hall–Kier alpha value is -0.0800. The SMILES string of the molecule is CCCC(O)CN1CCC2CCCCC2C1. The van der Waals surface area contributed by atoms with Crippen LogP contribution in [0.5, 0.6) is 0 Å². The zero-order chi connectivity index (χ0) is 11.4. The van der Waals surface area contributed by atoms with E-state index in [0.29, 0.717) is 0 Å². The Morgan fingerprint density at radius 1 is 1.19 bits per heavy atom. The van der Waals surface area contributed by atoms with E-state index >= 15 is 0 Å². The average Bonchev–Trinajstić information content (AvgIpc) is 2.29. The van der Waals surface area contributed by atoms with Crippen molar-refractivity contribution < 1.29 is 5.11 Å². The highest BCUT2D eigenvalue weighted by atomic mass is 16.3. The third-order valence-corrected chi connectivity index (χ3v) is 4.47. The molecular formula is C14H27NO. The van der Waals surface area contributed by atoms with Gasteiger partial charge in [-0.1, -0.05) is 32.6 Å². The van der Waals surface area contributed by atoms with Crippen molar-refractivity contribution in [3.05, 3.63) is 0 Å². The molecule has 0 spiro atoms. The van der Waals surface area contributed by atoms with E-state index in [1.54, 1.807) is 0 Å². The van der Waals surface area contributed by atoms with Crippen molar-refractivity contribution in [1.29, 1.82) is 0 Å². The van der Waals surface area contributed by atoms with Crippen LogP contribution in [0.1, 0.15) is 51.9 Å². The highest BCUT2D eigenvalue weighted by Crippen LogP contribution is 2.35. The Kier molecular flexibility index (Phi) is 4.66. The Bertz CT molecular complexity index is 207. The first-order valence-electron chi connectivity index (χ1n) is 7.20. The van der Waals surface area contributed by atoms with Crippen LogP contribution in [0, 0.1) is 11.8 Å². The Labute approximate surface area is 100 Å². The largest absolute Gasteiger partial charge is 0.392 e. The zero-order valence-electron chi connectivity index (χ0n) is 10.7. The van der Waals surface area contributed by atoms with Crippen LogP contribution < -0.4 is 0 Å². The quantitative estimate of drug-likeness (QED) is 0.795. The fraction of sp³-hybridized carbons (Fsp3) is 1.00. The van der Waals surface area contributed by atoms with E-state index < -0.39 is 0 Å². The highest BCUT2D eigenvalue weighted by Gasteiger charge is 2.31. The molecule has 0 aromatic heterocycles. The van der Waals surface area contributed by atoms with Crippen molar-refractivity contribution in [3.8, 4) is 0 Å². The Morgan fingerprint density at radius 3 is 2.69 bits per heavy atom. The predicted octanol–water partition coefficient (Wildman–Crippen LogP) is 2.66. The molecule has 1 aliphatic carbocycles. The summed E-state index contributed by atoms with van der Waals surface area (Å²) < 4.78 is 0. The number of rotatable bonds is 4. The van der Waals surface area contributed by atoms with Crippen LogP contribution in [0.25, 0.3) is 0 Å². The lowest BCUT2D eigenvalue weighted by atomic mass is 9.75. The van der Waals surface area contributed by atoms with E-state index in [4.69, 9.17) is 0 Å². The number of aliphatic hydroxyl groups is 1. The Morgan fingerprint density at radius 2 is 1.94 bits per heavy atom. The van der Waals surface area contributed by atoms with Gasteiger partial charge in [0.25, 0.3) is 0 Å². The number of hydrogen-bond donors (Lipinski definition) is 1. The fourth-order valence-corrected chi connectivity index (χ4v) is 3.56. The topological polar surface area (TPSA) is 23.5 Å². The van der Waals surface area contributed by atoms with Crippen molar-refractivity contribution in [2.24, 2.45) is 11.8 Å². The monoisotopic (exact) mass is 225 g/mol. The van der Waals surface area contributed by atoms with E-state index in [2.05, 4.69) is 11.8 Å². The summed E-state index contributed by atoms with van der Waals surface area (Å²) in [5.41, 5.74) is 0. The highest BCUT2D eigenvalue weighted by molar-refractivity contribution is 4.84. The molecule has 2 fully saturated rings. The minimum Gasteiger partial charge on any atom is -0.392 e. The van der Waals surface area contributed by atoms with E-state index in [1.807, 2.05) is 0 Å². The standard InChI is InChI=1S/C14H27NO/c1-2-5-14(16)11-15-9-8-12-6-3-4-7-13(12)10-15/h12-14,16H,2-11H2,1H3. The van der Waals surface area contributed by atoms with Crippen molar-refractivity contribution in [2.75, 3.05) is 19.6 Å². The lowest BCUT2D eigenvalue weighted by molar-refractivity contribution is 0.0434. The summed E-state index contributed by atoms with van der Waals surface area (Å²) in [6, 6.07) is 0. The minimum atomic E-state index is -0.0925. The minimum absolute atomic E-state index is 0.0925. The number of piperidine rings is 1. The van der Waals surface area contributed by atoms with Crippen LogP contribution in [-0.4, -0.2) is 35.7 Å². The second-order valence-corrected chi connectivity index (χ2v) is 5.80. The molecule has 1 aliphatic heterocycles. The lowest BCUT2D eigenvalue weighted by Crippen LogP contribution is -2.44. The van der Waals surface area contributed by atoms with Crippen LogP contribution in [0.4, 0.5) is 0 Å². The van der Waals surface area contributed by atoms with Crippen molar-refractivity contribution in [2.45, 2.75) is 58.0 Å². The number of nitrogens with zero attached hydrogens (tertiary/aromatic N) is 1. The number of likely N-dealkylation sites (tertiary alicyclic amines) is 1. The van der Waals surface area contributed by atoms with Gasteiger partial charge in [0.1, 0.15) is 0 Å².